The van der Waals surface area contributed by atoms with Crippen LogP contribution in [0.3, 0.4) is 0 Å². The largest absolute Gasteiger partial charge is 0.367 e. The van der Waals surface area contributed by atoms with Crippen LogP contribution >= 0.6 is 0 Å². The van der Waals surface area contributed by atoms with E-state index in [9.17, 15) is 4.79 Å². The highest BCUT2D eigenvalue weighted by Gasteiger charge is 2.18. The van der Waals surface area contributed by atoms with E-state index in [0.29, 0.717) is 6.04 Å². The van der Waals surface area contributed by atoms with E-state index in [0.717, 1.165) is 25.8 Å². The Kier molecular flexibility index (Phi) is 5.77. The fraction of sp³-hybridized carbons (Fsp3) is 0.917. The number of nitrogens with one attached hydrogen (secondary N) is 2. The maximum absolute atomic E-state index is 11.5. The van der Waals surface area contributed by atoms with Crippen LogP contribution in [0.5, 0.6) is 0 Å². The van der Waals surface area contributed by atoms with Crippen molar-refractivity contribution in [3.63, 3.8) is 0 Å². The second-order valence-electron chi connectivity index (χ2n) is 4.70. The monoisotopic (exact) mass is 228 g/mol. The average Bonchev–Trinajstić information content (AvgIpc) is 2.28. The van der Waals surface area contributed by atoms with Crippen LogP contribution in [0.25, 0.3) is 0 Å². The van der Waals surface area contributed by atoms with Crippen molar-refractivity contribution in [2.75, 3.05) is 13.2 Å². The molecule has 0 bridgehead atoms. The molecule has 4 heteroatoms. The van der Waals surface area contributed by atoms with E-state index in [-0.39, 0.29) is 24.7 Å². The third-order valence-electron chi connectivity index (χ3n) is 3.09. The van der Waals surface area contributed by atoms with Crippen LogP contribution in [0.4, 0.5) is 0 Å². The van der Waals surface area contributed by atoms with Crippen molar-refractivity contribution in [3.8, 4) is 0 Å². The standard InChI is InChI=1S/C12H24N2O2/c1-4-9(2)14-12(15)8-16-11-6-5-10(3)13-7-11/h9-11,13H,4-8H2,1-3H3,(H,14,15). The first-order chi connectivity index (χ1) is 7.61. The summed E-state index contributed by atoms with van der Waals surface area (Å²) < 4.78 is 5.56. The Morgan fingerprint density at radius 2 is 2.31 bits per heavy atom. The van der Waals surface area contributed by atoms with Gasteiger partial charge in [-0.3, -0.25) is 4.79 Å². The Hall–Kier alpha value is -0.610. The number of carbonyl (C=O) groups is 1. The minimum Gasteiger partial charge on any atom is -0.367 e. The lowest BCUT2D eigenvalue weighted by Gasteiger charge is -2.27. The molecule has 1 aliphatic heterocycles. The predicted octanol–water partition coefficient (Wildman–Crippen LogP) is 1.06. The summed E-state index contributed by atoms with van der Waals surface area (Å²) in [7, 11) is 0. The molecule has 2 N–H and O–H groups in total. The van der Waals surface area contributed by atoms with E-state index in [1.807, 2.05) is 6.92 Å². The molecule has 3 atom stereocenters. The molecule has 0 aromatic carbocycles. The summed E-state index contributed by atoms with van der Waals surface area (Å²) in [4.78, 5) is 11.5. The fourth-order valence-electron chi connectivity index (χ4n) is 1.73. The lowest BCUT2D eigenvalue weighted by molar-refractivity contribution is -0.128. The topological polar surface area (TPSA) is 50.4 Å². The smallest absolute Gasteiger partial charge is 0.246 e. The number of carbonyl (C=O) groups excluding carboxylic acids is 1. The molecule has 1 fully saturated rings. The van der Waals surface area contributed by atoms with Gasteiger partial charge in [-0.25, -0.2) is 0 Å². The van der Waals surface area contributed by atoms with Gasteiger partial charge in [-0.05, 0) is 33.1 Å². The minimum atomic E-state index is -0.00651. The first kappa shape index (κ1) is 13.5. The molecule has 0 spiro atoms. The predicted molar refractivity (Wildman–Crippen MR) is 64.3 cm³/mol. The van der Waals surface area contributed by atoms with Crippen LogP contribution in [0.1, 0.15) is 40.0 Å². The van der Waals surface area contributed by atoms with Crippen molar-refractivity contribution in [2.24, 2.45) is 0 Å². The Bertz CT molecular complexity index is 213. The summed E-state index contributed by atoms with van der Waals surface area (Å²) >= 11 is 0. The molecule has 0 aliphatic carbocycles. The molecule has 0 aromatic heterocycles. The molecule has 4 nitrogen and oxygen atoms in total. The highest BCUT2D eigenvalue weighted by Crippen LogP contribution is 2.10. The van der Waals surface area contributed by atoms with Gasteiger partial charge in [0.25, 0.3) is 0 Å². The molecule has 1 heterocycles. The Balaban J connectivity index is 2.12. The van der Waals surface area contributed by atoms with Crippen molar-refractivity contribution in [1.29, 1.82) is 0 Å². The summed E-state index contributed by atoms with van der Waals surface area (Å²) in [5, 5.41) is 6.24. The van der Waals surface area contributed by atoms with Gasteiger partial charge in [0.05, 0.1) is 6.10 Å². The maximum Gasteiger partial charge on any atom is 0.246 e. The number of hydrogen-bond acceptors (Lipinski definition) is 3. The zero-order valence-corrected chi connectivity index (χ0v) is 10.6. The molecule has 1 amide bonds. The first-order valence-electron chi connectivity index (χ1n) is 6.26. The molecule has 1 saturated heterocycles. The van der Waals surface area contributed by atoms with Crippen LogP contribution in [-0.2, 0) is 9.53 Å². The van der Waals surface area contributed by atoms with Gasteiger partial charge in [-0.2, -0.15) is 0 Å². The zero-order chi connectivity index (χ0) is 12.0. The van der Waals surface area contributed by atoms with E-state index in [2.05, 4.69) is 24.5 Å². The Labute approximate surface area is 98.1 Å². The summed E-state index contributed by atoms with van der Waals surface area (Å²) in [5.74, 6) is -0.00651. The molecule has 94 valence electrons. The molecule has 0 radical (unpaired) electrons. The normalized spacial score (nSPS) is 27.4. The lowest BCUT2D eigenvalue weighted by atomic mass is 10.0. The molecular weight excluding hydrogens is 204 g/mol. The summed E-state index contributed by atoms with van der Waals surface area (Å²) in [6.07, 6.45) is 3.32. The number of hydrogen-bond donors (Lipinski definition) is 2. The van der Waals surface area contributed by atoms with Crippen molar-refractivity contribution >= 4 is 5.91 Å². The fourth-order valence-corrected chi connectivity index (χ4v) is 1.73. The molecule has 16 heavy (non-hydrogen) atoms. The van der Waals surface area contributed by atoms with E-state index in [4.69, 9.17) is 4.74 Å². The van der Waals surface area contributed by atoms with Gasteiger partial charge in [0.15, 0.2) is 0 Å². The average molecular weight is 228 g/mol. The van der Waals surface area contributed by atoms with Crippen LogP contribution in [0.15, 0.2) is 0 Å². The minimum absolute atomic E-state index is 0.00651. The van der Waals surface area contributed by atoms with E-state index in [1.54, 1.807) is 0 Å². The summed E-state index contributed by atoms with van der Waals surface area (Å²) in [5.41, 5.74) is 0. The van der Waals surface area contributed by atoms with Gasteiger partial charge < -0.3 is 15.4 Å². The van der Waals surface area contributed by atoms with E-state index in [1.165, 1.54) is 0 Å². The zero-order valence-electron chi connectivity index (χ0n) is 10.6. The van der Waals surface area contributed by atoms with Gasteiger partial charge >= 0.3 is 0 Å². The first-order valence-corrected chi connectivity index (χ1v) is 6.26. The second kappa shape index (κ2) is 6.86. The lowest BCUT2D eigenvalue weighted by Crippen LogP contribution is -2.43. The maximum atomic E-state index is 11.5. The van der Waals surface area contributed by atoms with Crippen LogP contribution in [0, 0.1) is 0 Å². The van der Waals surface area contributed by atoms with Gasteiger partial charge in [-0.1, -0.05) is 6.92 Å². The SMILES string of the molecule is CCC(C)NC(=O)COC1CCC(C)NC1. The summed E-state index contributed by atoms with van der Waals surface area (Å²) in [6, 6.07) is 0.814. The highest BCUT2D eigenvalue weighted by atomic mass is 16.5. The number of piperidine rings is 1. The molecule has 0 aromatic rings. The molecule has 3 unspecified atom stereocenters. The van der Waals surface area contributed by atoms with Crippen molar-refractivity contribution in [2.45, 2.75) is 58.2 Å². The second-order valence-corrected chi connectivity index (χ2v) is 4.70. The third-order valence-corrected chi connectivity index (χ3v) is 3.09. The van der Waals surface area contributed by atoms with Crippen LogP contribution in [0.2, 0.25) is 0 Å². The molecule has 1 rings (SSSR count). The molecule has 1 aliphatic rings. The van der Waals surface area contributed by atoms with Crippen molar-refractivity contribution in [3.05, 3.63) is 0 Å². The molecular formula is C12H24N2O2. The Morgan fingerprint density at radius 1 is 1.56 bits per heavy atom. The van der Waals surface area contributed by atoms with Crippen LogP contribution in [-0.4, -0.2) is 37.2 Å². The van der Waals surface area contributed by atoms with Gasteiger partial charge in [0.2, 0.25) is 5.91 Å². The molecule has 0 saturated carbocycles. The van der Waals surface area contributed by atoms with Gasteiger partial charge in [-0.15, -0.1) is 0 Å². The van der Waals surface area contributed by atoms with E-state index < -0.39 is 0 Å². The van der Waals surface area contributed by atoms with Gasteiger partial charge in [0.1, 0.15) is 6.61 Å². The highest BCUT2D eigenvalue weighted by molar-refractivity contribution is 5.77. The number of amides is 1. The van der Waals surface area contributed by atoms with Crippen LogP contribution < -0.4 is 10.6 Å². The quantitative estimate of drug-likeness (QED) is 0.739. The third kappa shape index (κ3) is 4.94. The van der Waals surface area contributed by atoms with Crippen molar-refractivity contribution < 1.29 is 9.53 Å². The summed E-state index contributed by atoms with van der Waals surface area (Å²) in [6.45, 7) is 7.27. The number of ether oxygens (including phenoxy) is 1. The van der Waals surface area contributed by atoms with E-state index >= 15 is 0 Å². The van der Waals surface area contributed by atoms with Gasteiger partial charge in [0, 0.05) is 18.6 Å². The Morgan fingerprint density at radius 3 is 2.88 bits per heavy atom. The number of rotatable bonds is 5. The van der Waals surface area contributed by atoms with Crippen molar-refractivity contribution in [1.82, 2.24) is 10.6 Å².